The number of carbonyl (C=O) groups is 2. The van der Waals surface area contributed by atoms with Gasteiger partial charge in [0.1, 0.15) is 17.4 Å². The molecule has 7 nitrogen and oxygen atoms in total. The van der Waals surface area contributed by atoms with Gasteiger partial charge in [-0.1, -0.05) is 60.7 Å². The summed E-state index contributed by atoms with van der Waals surface area (Å²) in [6.45, 7) is 11.1. The van der Waals surface area contributed by atoms with Gasteiger partial charge in [0, 0.05) is 37.8 Å². The Labute approximate surface area is 230 Å². The second kappa shape index (κ2) is 11.8. The molecular weight excluding hydrogens is 502 g/mol. The molecule has 1 aliphatic carbocycles. The van der Waals surface area contributed by atoms with E-state index in [1.165, 1.54) is 5.56 Å². The van der Waals surface area contributed by atoms with Crippen LogP contribution in [0.5, 0.6) is 0 Å². The van der Waals surface area contributed by atoms with E-state index in [1.54, 1.807) is 23.2 Å². The van der Waals surface area contributed by atoms with Crippen LogP contribution in [0, 0.1) is 5.41 Å². The number of halogens is 1. The maximum atomic E-state index is 13.3. The zero-order valence-corrected chi connectivity index (χ0v) is 23.3. The minimum Gasteiger partial charge on any atom is -0.445 e. The smallest absolute Gasteiger partial charge is 0.410 e. The number of likely N-dealkylation sites (tertiary alicyclic amines) is 1. The summed E-state index contributed by atoms with van der Waals surface area (Å²) in [5.41, 5.74) is 1.47. The summed E-state index contributed by atoms with van der Waals surface area (Å²) < 4.78 is 11.2. The lowest BCUT2D eigenvalue weighted by Crippen LogP contribution is -2.51. The van der Waals surface area contributed by atoms with Crippen molar-refractivity contribution < 1.29 is 19.1 Å². The lowest BCUT2D eigenvalue weighted by Gasteiger charge is -2.44. The van der Waals surface area contributed by atoms with Gasteiger partial charge in [0.05, 0.1) is 0 Å². The average Bonchev–Trinajstić information content (AvgIpc) is 3.68. The highest BCUT2D eigenvalue weighted by atomic mass is 35.5. The number of carbonyl (C=O) groups excluding carboxylic acids is 2. The lowest BCUT2D eigenvalue weighted by molar-refractivity contribution is 0.00308. The van der Waals surface area contributed by atoms with Crippen LogP contribution in [0.3, 0.4) is 0 Å². The van der Waals surface area contributed by atoms with Crippen molar-refractivity contribution in [3.05, 3.63) is 77.6 Å². The van der Waals surface area contributed by atoms with Crippen molar-refractivity contribution in [3.8, 4) is 0 Å². The standard InChI is InChI=1S/C30H38ClN3O4/c1-5-17-37-28(36)34(25-18-24(25)23-9-7-6-8-10-23)21-30(19-22-11-12-26(31)32-20-22)13-15-33(16-14-30)27(35)38-29(2,3)4/h5-12,20,24-25H,1,13-19,21H2,2-4H3/t24?,25-/m1/s1. The number of hydrogen-bond acceptors (Lipinski definition) is 5. The highest BCUT2D eigenvalue weighted by Crippen LogP contribution is 2.47. The number of nitrogens with zero attached hydrogens (tertiary/aromatic N) is 3. The summed E-state index contributed by atoms with van der Waals surface area (Å²) in [5, 5.41) is 0.445. The zero-order valence-electron chi connectivity index (χ0n) is 22.6. The molecule has 0 N–H and O–H groups in total. The molecule has 1 aromatic carbocycles. The van der Waals surface area contributed by atoms with Crippen molar-refractivity contribution in [2.75, 3.05) is 26.2 Å². The van der Waals surface area contributed by atoms with Crippen LogP contribution >= 0.6 is 11.6 Å². The van der Waals surface area contributed by atoms with Crippen LogP contribution in [0.4, 0.5) is 9.59 Å². The summed E-state index contributed by atoms with van der Waals surface area (Å²) in [6, 6.07) is 14.2. The molecule has 1 saturated carbocycles. The average molecular weight is 540 g/mol. The van der Waals surface area contributed by atoms with Crippen molar-refractivity contribution in [2.24, 2.45) is 5.41 Å². The molecule has 1 saturated heterocycles. The van der Waals surface area contributed by atoms with Crippen LogP contribution < -0.4 is 0 Å². The van der Waals surface area contributed by atoms with Crippen LogP contribution in [0.15, 0.2) is 61.3 Å². The minimum atomic E-state index is -0.551. The third-order valence-electron chi connectivity index (χ3n) is 7.29. The largest absolute Gasteiger partial charge is 0.445 e. The van der Waals surface area contributed by atoms with Crippen molar-refractivity contribution in [1.82, 2.24) is 14.8 Å². The van der Waals surface area contributed by atoms with Crippen LogP contribution in [-0.4, -0.2) is 64.9 Å². The van der Waals surface area contributed by atoms with Gasteiger partial charge >= 0.3 is 12.2 Å². The SMILES string of the molecule is C=CCOC(=O)N(CC1(Cc2ccc(Cl)nc2)CCN(C(=O)OC(C)(C)C)CC1)[C@@H]1CC1c1ccccc1. The molecule has 1 aromatic heterocycles. The molecule has 204 valence electrons. The Morgan fingerprint density at radius 2 is 1.89 bits per heavy atom. The maximum Gasteiger partial charge on any atom is 0.410 e. The van der Waals surface area contributed by atoms with E-state index in [-0.39, 0.29) is 36.2 Å². The number of piperidine rings is 1. The van der Waals surface area contributed by atoms with E-state index in [0.29, 0.717) is 31.2 Å². The van der Waals surface area contributed by atoms with E-state index in [9.17, 15) is 9.59 Å². The molecule has 4 rings (SSSR count). The minimum absolute atomic E-state index is 0.0684. The van der Waals surface area contributed by atoms with E-state index in [4.69, 9.17) is 21.1 Å². The third-order valence-corrected chi connectivity index (χ3v) is 7.52. The summed E-state index contributed by atoms with van der Waals surface area (Å²) >= 11 is 6.05. The van der Waals surface area contributed by atoms with Gasteiger partial charge in [-0.3, -0.25) is 0 Å². The van der Waals surface area contributed by atoms with E-state index in [0.717, 1.165) is 24.8 Å². The molecule has 0 bridgehead atoms. The molecule has 2 fully saturated rings. The molecule has 2 amide bonds. The Balaban J connectivity index is 1.56. The second-order valence-electron chi connectivity index (χ2n) is 11.4. The number of rotatable bonds is 8. The maximum absolute atomic E-state index is 13.3. The Hall–Kier alpha value is -3.06. The highest BCUT2D eigenvalue weighted by molar-refractivity contribution is 6.29. The fraction of sp³-hybridized carbons (Fsp3) is 0.500. The van der Waals surface area contributed by atoms with E-state index in [2.05, 4.69) is 23.7 Å². The first-order chi connectivity index (χ1) is 18.1. The summed E-state index contributed by atoms with van der Waals surface area (Å²) in [7, 11) is 0. The Bertz CT molecular complexity index is 1110. The molecular formula is C30H38ClN3O4. The monoisotopic (exact) mass is 539 g/mol. The number of ether oxygens (including phenoxy) is 2. The van der Waals surface area contributed by atoms with E-state index < -0.39 is 5.60 Å². The van der Waals surface area contributed by atoms with E-state index >= 15 is 0 Å². The quantitative estimate of drug-likeness (QED) is 0.284. The van der Waals surface area contributed by atoms with Gasteiger partial charge in [-0.05, 0) is 69.1 Å². The van der Waals surface area contributed by atoms with Crippen molar-refractivity contribution >= 4 is 23.8 Å². The van der Waals surface area contributed by atoms with Crippen LogP contribution in [-0.2, 0) is 15.9 Å². The number of pyridine rings is 1. The Kier molecular flexibility index (Phi) is 8.66. The van der Waals surface area contributed by atoms with Crippen molar-refractivity contribution in [3.63, 3.8) is 0 Å². The van der Waals surface area contributed by atoms with Crippen LogP contribution in [0.25, 0.3) is 0 Å². The molecule has 2 aliphatic rings. The number of hydrogen-bond donors (Lipinski definition) is 0. The second-order valence-corrected chi connectivity index (χ2v) is 11.8. The summed E-state index contributed by atoms with van der Waals surface area (Å²) in [5.74, 6) is 0.281. The van der Waals surface area contributed by atoms with Gasteiger partial charge in [0.2, 0.25) is 0 Å². The number of aromatic nitrogens is 1. The molecule has 8 heteroatoms. The fourth-order valence-corrected chi connectivity index (χ4v) is 5.41. The molecule has 2 heterocycles. The highest BCUT2D eigenvalue weighted by Gasteiger charge is 2.49. The van der Waals surface area contributed by atoms with Gasteiger partial charge in [-0.2, -0.15) is 0 Å². The van der Waals surface area contributed by atoms with Gasteiger partial charge in [0.15, 0.2) is 0 Å². The molecule has 38 heavy (non-hydrogen) atoms. The van der Waals surface area contributed by atoms with Crippen molar-refractivity contribution in [2.45, 2.75) is 64.0 Å². The van der Waals surface area contributed by atoms with Gasteiger partial charge in [-0.25, -0.2) is 14.6 Å². The number of benzene rings is 1. The molecule has 1 unspecified atom stereocenters. The van der Waals surface area contributed by atoms with Crippen LogP contribution in [0.2, 0.25) is 5.15 Å². The topological polar surface area (TPSA) is 72.0 Å². The number of amides is 2. The molecule has 0 radical (unpaired) electrons. The normalized spacial score (nSPS) is 20.4. The zero-order chi connectivity index (χ0) is 27.3. The third kappa shape index (κ3) is 7.28. The first-order valence-corrected chi connectivity index (χ1v) is 13.6. The first kappa shape index (κ1) is 28.0. The summed E-state index contributed by atoms with van der Waals surface area (Å²) in [6.07, 6.45) is 5.83. The fourth-order valence-electron chi connectivity index (χ4n) is 5.30. The van der Waals surface area contributed by atoms with Gasteiger partial charge in [-0.15, -0.1) is 0 Å². The molecule has 2 aromatic rings. The first-order valence-electron chi connectivity index (χ1n) is 13.3. The van der Waals surface area contributed by atoms with Gasteiger partial charge in [0.25, 0.3) is 0 Å². The molecule has 1 aliphatic heterocycles. The Morgan fingerprint density at radius 3 is 2.50 bits per heavy atom. The Morgan fingerprint density at radius 1 is 1.18 bits per heavy atom. The summed E-state index contributed by atoms with van der Waals surface area (Å²) in [4.78, 5) is 34.1. The lowest BCUT2D eigenvalue weighted by atomic mass is 9.73. The molecule has 2 atom stereocenters. The predicted octanol–water partition coefficient (Wildman–Crippen LogP) is 6.48. The molecule has 0 spiro atoms. The van der Waals surface area contributed by atoms with Gasteiger partial charge < -0.3 is 19.3 Å². The predicted molar refractivity (Wildman–Crippen MR) is 148 cm³/mol. The van der Waals surface area contributed by atoms with Crippen molar-refractivity contribution in [1.29, 1.82) is 0 Å². The van der Waals surface area contributed by atoms with Crippen LogP contribution in [0.1, 0.15) is 57.1 Å². The van der Waals surface area contributed by atoms with E-state index in [1.807, 2.05) is 49.9 Å².